The second-order valence-corrected chi connectivity index (χ2v) is 9.84. The number of aryl methyl sites for hydroxylation is 1. The molecule has 3 fully saturated rings. The van der Waals surface area contributed by atoms with Crippen molar-refractivity contribution < 1.29 is 36.3 Å². The molecule has 156 valence electrons. The van der Waals surface area contributed by atoms with Gasteiger partial charge in [0, 0.05) is 0 Å². The van der Waals surface area contributed by atoms with E-state index in [4.69, 9.17) is 27.9 Å². The van der Waals surface area contributed by atoms with Crippen LogP contribution in [0.1, 0.15) is 33.3 Å². The summed E-state index contributed by atoms with van der Waals surface area (Å²) in [6.45, 7) is 9.20. The first kappa shape index (κ1) is 20.2. The highest BCUT2D eigenvalue weighted by Gasteiger charge is 2.60. The minimum atomic E-state index is -4.04. The molecule has 0 spiro atoms. The number of rotatable bonds is 4. The summed E-state index contributed by atoms with van der Waals surface area (Å²) >= 11 is 0. The van der Waals surface area contributed by atoms with Crippen molar-refractivity contribution >= 4 is 10.1 Å². The van der Waals surface area contributed by atoms with Crippen LogP contribution in [0.4, 0.5) is 0 Å². The summed E-state index contributed by atoms with van der Waals surface area (Å²) < 4.78 is 60.5. The van der Waals surface area contributed by atoms with Crippen LogP contribution >= 0.6 is 0 Å². The molecule has 0 saturated carbocycles. The van der Waals surface area contributed by atoms with E-state index in [-0.39, 0.29) is 11.5 Å². The Labute approximate surface area is 165 Å². The molecule has 2 unspecified atom stereocenters. The lowest BCUT2D eigenvalue weighted by molar-refractivity contribution is -0.230. The molecule has 3 aliphatic rings. The van der Waals surface area contributed by atoms with E-state index in [1.54, 1.807) is 39.8 Å². The topological polar surface area (TPSA) is 89.5 Å². The molecule has 0 amide bonds. The van der Waals surface area contributed by atoms with Crippen molar-refractivity contribution in [3.63, 3.8) is 0 Å². The molecule has 0 radical (unpaired) electrons. The van der Waals surface area contributed by atoms with Crippen molar-refractivity contribution in [2.75, 3.05) is 6.61 Å². The number of hydrogen-bond acceptors (Lipinski definition) is 8. The Morgan fingerprint density at radius 3 is 2.25 bits per heavy atom. The molecular formula is C19H26O8S. The molecule has 3 aliphatic heterocycles. The van der Waals surface area contributed by atoms with E-state index in [2.05, 4.69) is 0 Å². The summed E-state index contributed by atoms with van der Waals surface area (Å²) in [6.07, 6.45) is -3.60. The van der Waals surface area contributed by atoms with Crippen LogP contribution in [0, 0.1) is 6.92 Å². The molecule has 4 rings (SSSR count). The molecule has 0 bridgehead atoms. The lowest BCUT2D eigenvalue weighted by Crippen LogP contribution is -2.45. The Morgan fingerprint density at radius 2 is 1.64 bits per heavy atom. The SMILES string of the molecule is Cc1ccc(S(=O)(=O)O[C@@H]2C3OC(C)(C)O[C@H]3O[C@H]2C2COC(C)(C)O2)cc1. The number of hydrogen-bond donors (Lipinski definition) is 0. The van der Waals surface area contributed by atoms with Gasteiger partial charge in [-0.3, -0.25) is 4.18 Å². The molecule has 1 aromatic carbocycles. The maximum absolute atomic E-state index is 12.9. The molecule has 5 atom stereocenters. The third-order valence-corrected chi connectivity index (χ3v) is 6.30. The second-order valence-electron chi connectivity index (χ2n) is 8.26. The molecule has 1 aromatic rings. The van der Waals surface area contributed by atoms with Crippen LogP contribution < -0.4 is 0 Å². The zero-order chi connectivity index (χ0) is 20.3. The summed E-state index contributed by atoms with van der Waals surface area (Å²) in [7, 11) is -4.04. The van der Waals surface area contributed by atoms with Gasteiger partial charge < -0.3 is 23.7 Å². The highest BCUT2D eigenvalue weighted by molar-refractivity contribution is 7.86. The maximum atomic E-state index is 12.9. The van der Waals surface area contributed by atoms with Gasteiger partial charge in [-0.1, -0.05) is 17.7 Å². The van der Waals surface area contributed by atoms with Crippen molar-refractivity contribution in [3.05, 3.63) is 29.8 Å². The van der Waals surface area contributed by atoms with Crippen LogP contribution in [-0.4, -0.2) is 57.3 Å². The highest BCUT2D eigenvalue weighted by atomic mass is 32.2. The van der Waals surface area contributed by atoms with Crippen molar-refractivity contribution in [1.82, 2.24) is 0 Å². The summed E-state index contributed by atoms with van der Waals surface area (Å²) in [4.78, 5) is 0.0717. The summed E-state index contributed by atoms with van der Waals surface area (Å²) in [6, 6.07) is 6.47. The van der Waals surface area contributed by atoms with Crippen molar-refractivity contribution in [3.8, 4) is 0 Å². The van der Waals surface area contributed by atoms with Gasteiger partial charge in [-0.05, 0) is 46.8 Å². The third-order valence-electron chi connectivity index (χ3n) is 4.97. The quantitative estimate of drug-likeness (QED) is 0.692. The standard InChI is InChI=1S/C19H26O8S/c1-11-6-8-12(9-7-11)28(20,21)27-15-14(13-10-22-18(2,3)24-13)23-17-16(15)25-19(4,5)26-17/h6-9,13-17H,10H2,1-5H3/t13?,14-,15-,16?,17+/m0/s1. The van der Waals surface area contributed by atoms with Gasteiger partial charge in [0.1, 0.15) is 24.4 Å². The van der Waals surface area contributed by atoms with E-state index in [9.17, 15) is 8.42 Å². The highest BCUT2D eigenvalue weighted by Crippen LogP contribution is 2.42. The maximum Gasteiger partial charge on any atom is 0.297 e. The monoisotopic (exact) mass is 414 g/mol. The lowest BCUT2D eigenvalue weighted by atomic mass is 10.1. The molecule has 9 heteroatoms. The van der Waals surface area contributed by atoms with Crippen LogP contribution in [0.5, 0.6) is 0 Å². The van der Waals surface area contributed by atoms with E-state index < -0.39 is 52.4 Å². The second kappa shape index (κ2) is 6.73. The lowest BCUT2D eigenvalue weighted by Gasteiger charge is -2.28. The van der Waals surface area contributed by atoms with Gasteiger partial charge in [0.2, 0.25) is 0 Å². The van der Waals surface area contributed by atoms with Gasteiger partial charge in [0.15, 0.2) is 17.9 Å². The minimum Gasteiger partial charge on any atom is -0.348 e. The molecule has 28 heavy (non-hydrogen) atoms. The van der Waals surface area contributed by atoms with Gasteiger partial charge in [-0.25, -0.2) is 0 Å². The Bertz CT molecular complexity index is 832. The molecule has 3 saturated heterocycles. The Hall–Kier alpha value is -1.07. The zero-order valence-corrected chi connectivity index (χ0v) is 17.4. The Morgan fingerprint density at radius 1 is 0.964 bits per heavy atom. The fourth-order valence-corrected chi connectivity index (χ4v) is 4.79. The minimum absolute atomic E-state index is 0.0717. The normalized spacial score (nSPS) is 36.5. The predicted octanol–water partition coefficient (Wildman–Crippen LogP) is 2.10. The van der Waals surface area contributed by atoms with E-state index in [0.29, 0.717) is 0 Å². The van der Waals surface area contributed by atoms with Gasteiger partial charge in [0.05, 0.1) is 11.5 Å². The third kappa shape index (κ3) is 3.85. The fraction of sp³-hybridized carbons (Fsp3) is 0.684. The van der Waals surface area contributed by atoms with Crippen molar-refractivity contribution in [2.45, 2.75) is 81.8 Å². The first-order valence-electron chi connectivity index (χ1n) is 9.29. The van der Waals surface area contributed by atoms with Gasteiger partial charge >= 0.3 is 0 Å². The zero-order valence-electron chi connectivity index (χ0n) is 16.6. The molecule has 0 aromatic heterocycles. The average Bonchev–Trinajstić information content (AvgIpc) is 3.18. The summed E-state index contributed by atoms with van der Waals surface area (Å²) in [5, 5.41) is 0. The van der Waals surface area contributed by atoms with Crippen LogP contribution in [-0.2, 0) is 38.0 Å². The number of ether oxygens (including phenoxy) is 5. The van der Waals surface area contributed by atoms with Crippen LogP contribution in [0.2, 0.25) is 0 Å². The largest absolute Gasteiger partial charge is 0.348 e. The van der Waals surface area contributed by atoms with Gasteiger partial charge in [-0.15, -0.1) is 0 Å². The van der Waals surface area contributed by atoms with Gasteiger partial charge in [0.25, 0.3) is 10.1 Å². The fourth-order valence-electron chi connectivity index (χ4n) is 3.70. The Kier molecular flexibility index (Phi) is 4.86. The van der Waals surface area contributed by atoms with Gasteiger partial charge in [-0.2, -0.15) is 8.42 Å². The number of fused-ring (bicyclic) bond motifs is 1. The molecule has 8 nitrogen and oxygen atoms in total. The average molecular weight is 414 g/mol. The molecule has 0 aliphatic carbocycles. The summed E-state index contributed by atoms with van der Waals surface area (Å²) in [5.41, 5.74) is 0.953. The van der Waals surface area contributed by atoms with E-state index in [0.717, 1.165) is 5.56 Å². The Balaban J connectivity index is 1.61. The summed E-state index contributed by atoms with van der Waals surface area (Å²) in [5.74, 6) is -1.69. The van der Waals surface area contributed by atoms with Crippen LogP contribution in [0.3, 0.4) is 0 Å². The smallest absolute Gasteiger partial charge is 0.297 e. The first-order valence-corrected chi connectivity index (χ1v) is 10.7. The van der Waals surface area contributed by atoms with Crippen molar-refractivity contribution in [2.24, 2.45) is 0 Å². The van der Waals surface area contributed by atoms with E-state index in [1.807, 2.05) is 6.92 Å². The first-order chi connectivity index (χ1) is 13.0. The van der Waals surface area contributed by atoms with Crippen LogP contribution in [0.15, 0.2) is 29.2 Å². The molecule has 0 N–H and O–H groups in total. The van der Waals surface area contributed by atoms with E-state index in [1.165, 1.54) is 12.1 Å². The predicted molar refractivity (Wildman–Crippen MR) is 96.8 cm³/mol. The molecule has 3 heterocycles. The molecular weight excluding hydrogens is 388 g/mol. The van der Waals surface area contributed by atoms with Crippen molar-refractivity contribution in [1.29, 1.82) is 0 Å². The van der Waals surface area contributed by atoms with Crippen LogP contribution in [0.25, 0.3) is 0 Å². The number of benzene rings is 1. The van der Waals surface area contributed by atoms with E-state index >= 15 is 0 Å².